The first-order chi connectivity index (χ1) is 15.1. The van der Waals surface area contributed by atoms with Gasteiger partial charge in [0.05, 0.1) is 25.4 Å². The molecule has 0 saturated carbocycles. The van der Waals surface area contributed by atoms with Crippen molar-refractivity contribution in [2.45, 2.75) is 19.4 Å². The second-order valence-corrected chi connectivity index (χ2v) is 7.97. The average Bonchev–Trinajstić information content (AvgIpc) is 3.25. The van der Waals surface area contributed by atoms with Crippen molar-refractivity contribution in [1.29, 1.82) is 0 Å². The van der Waals surface area contributed by atoms with Crippen LogP contribution >= 0.6 is 0 Å². The highest BCUT2D eigenvalue weighted by Crippen LogP contribution is 2.34. The summed E-state index contributed by atoms with van der Waals surface area (Å²) in [5.74, 6) is 0.375. The molecule has 1 unspecified atom stereocenters. The van der Waals surface area contributed by atoms with Gasteiger partial charge in [-0.15, -0.1) is 0 Å². The maximum absolute atomic E-state index is 14.4. The summed E-state index contributed by atoms with van der Waals surface area (Å²) in [6, 6.07) is 14.0. The van der Waals surface area contributed by atoms with Crippen molar-refractivity contribution < 1.29 is 13.9 Å². The van der Waals surface area contributed by atoms with Crippen LogP contribution in [-0.2, 0) is 4.79 Å². The van der Waals surface area contributed by atoms with Crippen LogP contribution in [-0.4, -0.2) is 72.8 Å². The Kier molecular flexibility index (Phi) is 6.63. The lowest BCUT2D eigenvalue weighted by Crippen LogP contribution is -2.49. The van der Waals surface area contributed by atoms with Crippen LogP contribution in [0.5, 0.6) is 5.75 Å². The molecule has 31 heavy (non-hydrogen) atoms. The number of hydrogen-bond acceptors (Lipinski definition) is 5. The van der Waals surface area contributed by atoms with E-state index in [-0.39, 0.29) is 17.8 Å². The number of hydrazone groups is 1. The Morgan fingerprint density at radius 2 is 1.74 bits per heavy atom. The minimum Gasteiger partial charge on any atom is -0.497 e. The van der Waals surface area contributed by atoms with Gasteiger partial charge in [-0.25, -0.2) is 9.40 Å². The van der Waals surface area contributed by atoms with Gasteiger partial charge in [-0.1, -0.05) is 37.3 Å². The fourth-order valence-electron chi connectivity index (χ4n) is 4.21. The van der Waals surface area contributed by atoms with Gasteiger partial charge in [0, 0.05) is 38.2 Å². The molecule has 7 heteroatoms. The zero-order valence-electron chi connectivity index (χ0n) is 18.1. The third kappa shape index (κ3) is 4.78. The Bertz CT molecular complexity index is 939. The molecule has 1 atom stereocenters. The molecule has 0 aliphatic carbocycles. The van der Waals surface area contributed by atoms with Crippen molar-refractivity contribution in [3.8, 4) is 5.75 Å². The predicted octanol–water partition coefficient (Wildman–Crippen LogP) is 3.15. The molecular formula is C24H29FN4O2. The first kappa shape index (κ1) is 21.5. The number of carbonyl (C=O) groups is 1. The van der Waals surface area contributed by atoms with E-state index in [1.165, 1.54) is 6.07 Å². The van der Waals surface area contributed by atoms with E-state index in [0.717, 1.165) is 44.0 Å². The monoisotopic (exact) mass is 424 g/mol. The topological polar surface area (TPSA) is 48.4 Å². The highest BCUT2D eigenvalue weighted by atomic mass is 19.1. The molecule has 2 aromatic carbocycles. The van der Waals surface area contributed by atoms with Crippen LogP contribution in [0.2, 0.25) is 0 Å². The summed E-state index contributed by atoms with van der Waals surface area (Å²) < 4.78 is 19.7. The summed E-state index contributed by atoms with van der Waals surface area (Å²) in [7, 11) is 1.62. The number of halogens is 1. The fourth-order valence-corrected chi connectivity index (χ4v) is 4.21. The standard InChI is InChI=1S/C24H29FN4O2/c1-3-27-12-14-28(15-13-27)17-24(30)29-23(18-8-10-19(31-2)11-9-18)16-22(26-29)20-6-4-5-7-21(20)25/h4-11,23H,3,12-17H2,1-2H3. The number of likely N-dealkylation sites (N-methyl/N-ethyl adjacent to an activating group) is 1. The highest BCUT2D eigenvalue weighted by Gasteiger charge is 2.34. The van der Waals surface area contributed by atoms with E-state index >= 15 is 0 Å². The number of nitrogens with zero attached hydrogens (tertiary/aromatic N) is 4. The smallest absolute Gasteiger partial charge is 0.257 e. The van der Waals surface area contributed by atoms with Gasteiger partial charge in [-0.05, 0) is 30.3 Å². The van der Waals surface area contributed by atoms with Crippen LogP contribution in [0.4, 0.5) is 4.39 Å². The van der Waals surface area contributed by atoms with E-state index in [1.807, 2.05) is 24.3 Å². The molecule has 0 spiro atoms. The molecule has 0 radical (unpaired) electrons. The maximum Gasteiger partial charge on any atom is 0.257 e. The molecule has 6 nitrogen and oxygen atoms in total. The quantitative estimate of drug-likeness (QED) is 0.715. The molecule has 2 aliphatic rings. The van der Waals surface area contributed by atoms with Crippen molar-refractivity contribution >= 4 is 11.6 Å². The van der Waals surface area contributed by atoms with Gasteiger partial charge in [0.25, 0.3) is 5.91 Å². The number of piperazine rings is 1. The Labute approximate surface area is 182 Å². The molecule has 0 aromatic heterocycles. The summed E-state index contributed by atoms with van der Waals surface area (Å²) >= 11 is 0. The first-order valence-corrected chi connectivity index (χ1v) is 10.8. The van der Waals surface area contributed by atoms with Crippen LogP contribution in [0.25, 0.3) is 0 Å². The van der Waals surface area contributed by atoms with Crippen molar-refractivity contribution in [2.75, 3.05) is 46.4 Å². The Hall–Kier alpha value is -2.77. The normalized spacial score (nSPS) is 20.0. The summed E-state index contributed by atoms with van der Waals surface area (Å²) in [5, 5.41) is 6.16. The van der Waals surface area contributed by atoms with Crippen LogP contribution in [0.15, 0.2) is 53.6 Å². The van der Waals surface area contributed by atoms with E-state index in [9.17, 15) is 9.18 Å². The summed E-state index contributed by atoms with van der Waals surface area (Å²) in [4.78, 5) is 17.8. The molecule has 1 fully saturated rings. The maximum atomic E-state index is 14.4. The summed E-state index contributed by atoms with van der Waals surface area (Å²) in [5.41, 5.74) is 2.01. The Morgan fingerprint density at radius 3 is 2.39 bits per heavy atom. The lowest BCUT2D eigenvalue weighted by Gasteiger charge is -2.34. The lowest BCUT2D eigenvalue weighted by molar-refractivity contribution is -0.134. The van der Waals surface area contributed by atoms with Gasteiger partial charge in [-0.3, -0.25) is 9.69 Å². The number of carbonyl (C=O) groups excluding carboxylic acids is 1. The van der Waals surface area contributed by atoms with Crippen LogP contribution in [0, 0.1) is 5.82 Å². The molecule has 2 aliphatic heterocycles. The van der Waals surface area contributed by atoms with Gasteiger partial charge in [0.1, 0.15) is 11.6 Å². The third-order valence-electron chi connectivity index (χ3n) is 6.12. The number of ether oxygens (including phenoxy) is 1. The van der Waals surface area contributed by atoms with Gasteiger partial charge >= 0.3 is 0 Å². The van der Waals surface area contributed by atoms with Crippen LogP contribution < -0.4 is 4.74 Å². The zero-order chi connectivity index (χ0) is 21.8. The minimum atomic E-state index is -0.320. The second-order valence-electron chi connectivity index (χ2n) is 7.97. The molecule has 4 rings (SSSR count). The molecule has 0 N–H and O–H groups in total. The molecule has 0 bridgehead atoms. The average molecular weight is 425 g/mol. The SMILES string of the molecule is CCN1CCN(CC(=O)N2N=C(c3ccccc3F)CC2c2ccc(OC)cc2)CC1. The zero-order valence-corrected chi connectivity index (χ0v) is 18.1. The summed E-state index contributed by atoms with van der Waals surface area (Å²) in [6.45, 7) is 7.17. The number of methoxy groups -OCH3 is 1. The highest BCUT2D eigenvalue weighted by molar-refractivity contribution is 6.03. The first-order valence-electron chi connectivity index (χ1n) is 10.8. The van der Waals surface area contributed by atoms with Gasteiger partial charge in [0.2, 0.25) is 0 Å². The van der Waals surface area contributed by atoms with Gasteiger partial charge < -0.3 is 9.64 Å². The predicted molar refractivity (Wildman–Crippen MR) is 119 cm³/mol. The van der Waals surface area contributed by atoms with Crippen LogP contribution in [0.3, 0.4) is 0 Å². The largest absolute Gasteiger partial charge is 0.497 e. The van der Waals surface area contributed by atoms with Crippen molar-refractivity contribution in [2.24, 2.45) is 5.10 Å². The van der Waals surface area contributed by atoms with E-state index in [1.54, 1.807) is 30.3 Å². The molecule has 1 amide bonds. The number of hydrogen-bond donors (Lipinski definition) is 0. The van der Waals surface area contributed by atoms with Crippen LogP contribution in [0.1, 0.15) is 30.5 Å². The number of amides is 1. The van der Waals surface area contributed by atoms with Crippen molar-refractivity contribution in [3.63, 3.8) is 0 Å². The lowest BCUT2D eigenvalue weighted by atomic mass is 9.98. The van der Waals surface area contributed by atoms with Gasteiger partial charge in [-0.2, -0.15) is 5.10 Å². The van der Waals surface area contributed by atoms with E-state index in [0.29, 0.717) is 24.2 Å². The Balaban J connectivity index is 1.56. The Morgan fingerprint density at radius 1 is 1.06 bits per heavy atom. The number of benzene rings is 2. The molecule has 2 aromatic rings. The second kappa shape index (κ2) is 9.58. The molecule has 2 heterocycles. The molecular weight excluding hydrogens is 395 g/mol. The van der Waals surface area contributed by atoms with Crippen molar-refractivity contribution in [3.05, 3.63) is 65.5 Å². The molecule has 1 saturated heterocycles. The third-order valence-corrected chi connectivity index (χ3v) is 6.12. The summed E-state index contributed by atoms with van der Waals surface area (Å²) in [6.07, 6.45) is 0.475. The fraction of sp³-hybridized carbons (Fsp3) is 0.417. The number of rotatable bonds is 6. The van der Waals surface area contributed by atoms with E-state index in [4.69, 9.17) is 4.74 Å². The van der Waals surface area contributed by atoms with E-state index < -0.39 is 0 Å². The van der Waals surface area contributed by atoms with Crippen molar-refractivity contribution in [1.82, 2.24) is 14.8 Å². The molecule has 164 valence electrons. The van der Waals surface area contributed by atoms with Gasteiger partial charge in [0.15, 0.2) is 0 Å². The minimum absolute atomic E-state index is 0.0582. The van der Waals surface area contributed by atoms with E-state index in [2.05, 4.69) is 21.8 Å².